The molecule has 1 saturated heterocycles. The maximum atomic E-state index is 12.0. The number of nitrogens with one attached hydrogen (secondary N) is 2. The molecule has 130 valence electrons. The van der Waals surface area contributed by atoms with Gasteiger partial charge in [0.05, 0.1) is 6.26 Å². The highest BCUT2D eigenvalue weighted by Crippen LogP contribution is 2.15. The summed E-state index contributed by atoms with van der Waals surface area (Å²) in [5.74, 6) is 0. The number of hydrogen-bond donors (Lipinski definition) is 2. The van der Waals surface area contributed by atoms with Crippen molar-refractivity contribution in [2.45, 2.75) is 58.2 Å². The topological polar surface area (TPSA) is 87.7 Å². The van der Waals surface area contributed by atoms with Gasteiger partial charge in [0, 0.05) is 31.2 Å². The molecule has 1 amide bonds. The largest absolute Gasteiger partial charge is 0.444 e. The third-order valence-electron chi connectivity index (χ3n) is 3.13. The van der Waals surface area contributed by atoms with E-state index in [2.05, 4.69) is 10.0 Å². The summed E-state index contributed by atoms with van der Waals surface area (Å²) in [6.07, 6.45) is 1.67. The Morgan fingerprint density at radius 1 is 1.27 bits per heavy atom. The zero-order chi connectivity index (χ0) is 17.2. The molecule has 1 fully saturated rings. The quantitative estimate of drug-likeness (QED) is 0.780. The lowest BCUT2D eigenvalue weighted by molar-refractivity contribution is 0.0291. The van der Waals surface area contributed by atoms with Crippen LogP contribution in [0.2, 0.25) is 0 Å². The standard InChI is InChI=1S/C14H29N3O4S/c1-13(2,3)21-12(18)17-8-7-11(9-17)15-10-14(4,5)16-22(6,19)20/h11,15-16H,7-10H2,1-6H3. The van der Waals surface area contributed by atoms with Crippen molar-refractivity contribution in [3.63, 3.8) is 0 Å². The SMILES string of the molecule is CC(C)(CNC1CCN(C(=O)OC(C)(C)C)C1)NS(C)(=O)=O. The highest BCUT2D eigenvalue weighted by molar-refractivity contribution is 7.88. The van der Waals surface area contributed by atoms with Crippen molar-refractivity contribution in [2.75, 3.05) is 25.9 Å². The summed E-state index contributed by atoms with van der Waals surface area (Å²) in [7, 11) is -3.25. The molecule has 0 saturated carbocycles. The van der Waals surface area contributed by atoms with Crippen LogP contribution < -0.4 is 10.0 Å². The van der Waals surface area contributed by atoms with E-state index in [4.69, 9.17) is 4.74 Å². The number of amides is 1. The Labute approximate surface area is 133 Å². The van der Waals surface area contributed by atoms with Gasteiger partial charge in [0.25, 0.3) is 0 Å². The van der Waals surface area contributed by atoms with Gasteiger partial charge < -0.3 is 15.0 Å². The van der Waals surface area contributed by atoms with E-state index in [1.807, 2.05) is 34.6 Å². The Morgan fingerprint density at radius 2 is 1.86 bits per heavy atom. The van der Waals surface area contributed by atoms with Gasteiger partial charge in [-0.1, -0.05) is 0 Å². The molecule has 1 atom stereocenters. The highest BCUT2D eigenvalue weighted by Gasteiger charge is 2.31. The number of carbonyl (C=O) groups excluding carboxylic acids is 1. The molecule has 0 aromatic rings. The van der Waals surface area contributed by atoms with Gasteiger partial charge in [-0.3, -0.25) is 0 Å². The highest BCUT2D eigenvalue weighted by atomic mass is 32.2. The number of ether oxygens (including phenoxy) is 1. The Balaban J connectivity index is 2.43. The molecule has 0 aliphatic carbocycles. The molecule has 1 unspecified atom stereocenters. The Morgan fingerprint density at radius 3 is 2.36 bits per heavy atom. The first-order valence-corrected chi connectivity index (χ1v) is 9.37. The second kappa shape index (κ2) is 6.72. The summed E-state index contributed by atoms with van der Waals surface area (Å²) in [5, 5.41) is 3.32. The van der Waals surface area contributed by atoms with Crippen LogP contribution in [0.5, 0.6) is 0 Å². The van der Waals surface area contributed by atoms with Crippen molar-refractivity contribution in [3.8, 4) is 0 Å². The fourth-order valence-corrected chi connectivity index (χ4v) is 3.43. The smallest absolute Gasteiger partial charge is 0.410 e. The number of rotatable bonds is 5. The van der Waals surface area contributed by atoms with Gasteiger partial charge in [-0.15, -0.1) is 0 Å². The predicted octanol–water partition coefficient (Wildman–Crippen LogP) is 0.913. The summed E-state index contributed by atoms with van der Waals surface area (Å²) in [5.41, 5.74) is -1.07. The summed E-state index contributed by atoms with van der Waals surface area (Å²) < 4.78 is 30.6. The molecule has 2 N–H and O–H groups in total. The number of sulfonamides is 1. The molecule has 1 heterocycles. The van der Waals surface area contributed by atoms with Crippen LogP contribution in [0.3, 0.4) is 0 Å². The first-order valence-electron chi connectivity index (χ1n) is 7.48. The minimum Gasteiger partial charge on any atom is -0.444 e. The molecular weight excluding hydrogens is 306 g/mol. The second-order valence-corrected chi connectivity index (χ2v) is 9.30. The van der Waals surface area contributed by atoms with Gasteiger partial charge in [0.15, 0.2) is 0 Å². The molecule has 1 aliphatic heterocycles. The third kappa shape index (κ3) is 7.42. The van der Waals surface area contributed by atoms with Crippen LogP contribution in [0.1, 0.15) is 41.0 Å². The zero-order valence-electron chi connectivity index (χ0n) is 14.4. The van der Waals surface area contributed by atoms with E-state index in [1.54, 1.807) is 4.90 Å². The van der Waals surface area contributed by atoms with Crippen molar-refractivity contribution in [3.05, 3.63) is 0 Å². The first kappa shape index (κ1) is 19.2. The maximum Gasteiger partial charge on any atom is 0.410 e. The second-order valence-electron chi connectivity index (χ2n) is 7.55. The first-order chi connectivity index (χ1) is 9.77. The van der Waals surface area contributed by atoms with Gasteiger partial charge in [-0.25, -0.2) is 17.9 Å². The molecule has 0 bridgehead atoms. The number of hydrogen-bond acceptors (Lipinski definition) is 5. The van der Waals surface area contributed by atoms with Crippen LogP contribution in [0.15, 0.2) is 0 Å². The Kier molecular flexibility index (Phi) is 5.86. The Hall–Kier alpha value is -0.860. The van der Waals surface area contributed by atoms with E-state index >= 15 is 0 Å². The molecule has 0 spiro atoms. The lowest BCUT2D eigenvalue weighted by atomic mass is 10.1. The lowest BCUT2D eigenvalue weighted by Gasteiger charge is -2.27. The fourth-order valence-electron chi connectivity index (χ4n) is 2.36. The van der Waals surface area contributed by atoms with E-state index in [-0.39, 0.29) is 12.1 Å². The molecule has 22 heavy (non-hydrogen) atoms. The third-order valence-corrected chi connectivity index (χ3v) is 4.06. The molecule has 7 nitrogen and oxygen atoms in total. The lowest BCUT2D eigenvalue weighted by Crippen LogP contribution is -2.52. The van der Waals surface area contributed by atoms with Crippen molar-refractivity contribution in [2.24, 2.45) is 0 Å². The van der Waals surface area contributed by atoms with Crippen LogP contribution >= 0.6 is 0 Å². The van der Waals surface area contributed by atoms with Gasteiger partial charge in [-0.2, -0.15) is 0 Å². The Bertz CT molecular complexity index is 497. The summed E-state index contributed by atoms with van der Waals surface area (Å²) in [4.78, 5) is 13.7. The number of likely N-dealkylation sites (tertiary alicyclic amines) is 1. The van der Waals surface area contributed by atoms with Crippen molar-refractivity contribution in [1.29, 1.82) is 0 Å². The van der Waals surface area contributed by atoms with Crippen LogP contribution in [-0.2, 0) is 14.8 Å². The van der Waals surface area contributed by atoms with E-state index in [9.17, 15) is 13.2 Å². The predicted molar refractivity (Wildman–Crippen MR) is 86.3 cm³/mol. The molecule has 0 aromatic carbocycles. The fraction of sp³-hybridized carbons (Fsp3) is 0.929. The van der Waals surface area contributed by atoms with Gasteiger partial charge in [0.2, 0.25) is 10.0 Å². The monoisotopic (exact) mass is 335 g/mol. The normalized spacial score (nSPS) is 20.3. The molecular formula is C14H29N3O4S. The van der Waals surface area contributed by atoms with Crippen LogP contribution in [0.25, 0.3) is 0 Å². The molecule has 1 rings (SSSR count). The molecule has 1 aliphatic rings. The van der Waals surface area contributed by atoms with E-state index in [0.717, 1.165) is 12.7 Å². The van der Waals surface area contributed by atoms with Crippen molar-refractivity contribution < 1.29 is 17.9 Å². The average molecular weight is 335 g/mol. The van der Waals surface area contributed by atoms with Gasteiger partial charge in [-0.05, 0) is 41.0 Å². The van der Waals surface area contributed by atoms with E-state index < -0.39 is 21.2 Å². The number of nitrogens with zero attached hydrogens (tertiary/aromatic N) is 1. The average Bonchev–Trinajstić information content (AvgIpc) is 2.69. The summed E-state index contributed by atoms with van der Waals surface area (Å²) >= 11 is 0. The number of carbonyl (C=O) groups is 1. The van der Waals surface area contributed by atoms with Crippen LogP contribution in [-0.4, -0.2) is 62.5 Å². The van der Waals surface area contributed by atoms with Crippen molar-refractivity contribution >= 4 is 16.1 Å². The van der Waals surface area contributed by atoms with E-state index in [1.165, 1.54) is 0 Å². The minimum atomic E-state index is -3.25. The zero-order valence-corrected chi connectivity index (χ0v) is 15.2. The van der Waals surface area contributed by atoms with Crippen LogP contribution in [0.4, 0.5) is 4.79 Å². The van der Waals surface area contributed by atoms with E-state index in [0.29, 0.717) is 19.6 Å². The summed E-state index contributed by atoms with van der Waals surface area (Å²) in [6, 6.07) is 0.146. The van der Waals surface area contributed by atoms with Crippen molar-refractivity contribution in [1.82, 2.24) is 14.9 Å². The van der Waals surface area contributed by atoms with Gasteiger partial charge in [0.1, 0.15) is 5.60 Å². The molecule has 8 heteroatoms. The molecule has 0 radical (unpaired) electrons. The van der Waals surface area contributed by atoms with Crippen LogP contribution in [0, 0.1) is 0 Å². The summed E-state index contributed by atoms with van der Waals surface area (Å²) in [6.45, 7) is 10.9. The maximum absolute atomic E-state index is 12.0. The van der Waals surface area contributed by atoms with Gasteiger partial charge >= 0.3 is 6.09 Å². The minimum absolute atomic E-state index is 0.146. The molecule has 0 aromatic heterocycles.